The van der Waals surface area contributed by atoms with E-state index in [0.29, 0.717) is 6.54 Å². The van der Waals surface area contributed by atoms with Crippen molar-refractivity contribution in [2.45, 2.75) is 25.3 Å². The Hall–Kier alpha value is -1.12. The van der Waals surface area contributed by atoms with E-state index in [1.807, 2.05) is 0 Å². The lowest BCUT2D eigenvalue weighted by molar-refractivity contribution is -0.133. The summed E-state index contributed by atoms with van der Waals surface area (Å²) in [6.07, 6.45) is 4.93. The zero-order valence-corrected chi connectivity index (χ0v) is 7.03. The van der Waals surface area contributed by atoms with Crippen LogP contribution in [0, 0.1) is 0 Å². The molecule has 0 aromatic rings. The fraction of sp³-hybridized carbons (Fsp3) is 0.556. The van der Waals surface area contributed by atoms with Crippen LogP contribution < -0.4 is 0 Å². The monoisotopic (exact) mass is 167 g/mol. The topological polar surface area (TPSA) is 37.4 Å². The summed E-state index contributed by atoms with van der Waals surface area (Å²) < 4.78 is 0. The Bertz CT molecular complexity index is 201. The minimum atomic E-state index is -0.218. The second kappa shape index (κ2) is 4.04. The summed E-state index contributed by atoms with van der Waals surface area (Å²) in [5.74, 6) is -0.133. The number of carbonyl (C=O) groups excluding carboxylic acids is 2. The number of piperidine rings is 1. The van der Waals surface area contributed by atoms with Crippen LogP contribution in [0.5, 0.6) is 0 Å². The highest BCUT2D eigenvalue weighted by atomic mass is 16.2. The first kappa shape index (κ1) is 8.97. The Balaban J connectivity index is 2.64. The molecule has 1 unspecified atom stereocenters. The Morgan fingerprint density at radius 1 is 1.50 bits per heavy atom. The van der Waals surface area contributed by atoms with Gasteiger partial charge in [-0.3, -0.25) is 4.79 Å². The quantitative estimate of drug-likeness (QED) is 0.449. The fourth-order valence-corrected chi connectivity index (χ4v) is 1.49. The molecule has 1 aliphatic heterocycles. The second-order valence-electron chi connectivity index (χ2n) is 2.93. The van der Waals surface area contributed by atoms with E-state index in [1.54, 1.807) is 4.90 Å². The SMILES string of the molecule is C=CC(=O)N1CCCCC1C=O. The Morgan fingerprint density at radius 2 is 2.25 bits per heavy atom. The molecule has 0 radical (unpaired) electrons. The third-order valence-corrected chi connectivity index (χ3v) is 2.16. The number of nitrogens with zero attached hydrogens (tertiary/aromatic N) is 1. The number of likely N-dealkylation sites (tertiary alicyclic amines) is 1. The zero-order chi connectivity index (χ0) is 8.97. The average Bonchev–Trinajstić information content (AvgIpc) is 2.16. The molecular weight excluding hydrogens is 154 g/mol. The van der Waals surface area contributed by atoms with Crippen molar-refractivity contribution in [3.63, 3.8) is 0 Å². The van der Waals surface area contributed by atoms with Crippen molar-refractivity contribution in [2.24, 2.45) is 0 Å². The van der Waals surface area contributed by atoms with Gasteiger partial charge in [-0.15, -0.1) is 0 Å². The van der Waals surface area contributed by atoms with Crippen molar-refractivity contribution in [2.75, 3.05) is 6.54 Å². The van der Waals surface area contributed by atoms with Gasteiger partial charge in [-0.25, -0.2) is 0 Å². The number of rotatable bonds is 2. The predicted molar refractivity (Wildman–Crippen MR) is 45.6 cm³/mol. The lowest BCUT2D eigenvalue weighted by Gasteiger charge is -2.31. The van der Waals surface area contributed by atoms with E-state index in [1.165, 1.54) is 6.08 Å². The van der Waals surface area contributed by atoms with Gasteiger partial charge in [0.15, 0.2) is 0 Å². The number of aldehydes is 1. The number of carbonyl (C=O) groups is 2. The van der Waals surface area contributed by atoms with Gasteiger partial charge in [-0.1, -0.05) is 6.58 Å². The van der Waals surface area contributed by atoms with E-state index in [2.05, 4.69) is 6.58 Å². The van der Waals surface area contributed by atoms with Gasteiger partial charge >= 0.3 is 0 Å². The molecule has 0 spiro atoms. The summed E-state index contributed by atoms with van der Waals surface area (Å²) in [4.78, 5) is 23.3. The van der Waals surface area contributed by atoms with Crippen LogP contribution in [-0.2, 0) is 9.59 Å². The van der Waals surface area contributed by atoms with Gasteiger partial charge < -0.3 is 9.69 Å². The summed E-state index contributed by atoms with van der Waals surface area (Å²) >= 11 is 0. The Labute approximate surface area is 72.0 Å². The molecule has 12 heavy (non-hydrogen) atoms. The van der Waals surface area contributed by atoms with Gasteiger partial charge in [0.05, 0.1) is 6.04 Å². The van der Waals surface area contributed by atoms with Crippen LogP contribution in [0.3, 0.4) is 0 Å². The molecule has 3 nitrogen and oxygen atoms in total. The fourth-order valence-electron chi connectivity index (χ4n) is 1.49. The first-order chi connectivity index (χ1) is 5.79. The van der Waals surface area contributed by atoms with Crippen molar-refractivity contribution in [1.82, 2.24) is 4.90 Å². The number of amides is 1. The smallest absolute Gasteiger partial charge is 0.246 e. The first-order valence-electron chi connectivity index (χ1n) is 4.18. The van der Waals surface area contributed by atoms with E-state index in [0.717, 1.165) is 25.5 Å². The molecule has 0 aromatic carbocycles. The van der Waals surface area contributed by atoms with E-state index in [4.69, 9.17) is 0 Å². The Morgan fingerprint density at radius 3 is 2.83 bits per heavy atom. The third kappa shape index (κ3) is 1.72. The maximum Gasteiger partial charge on any atom is 0.246 e. The van der Waals surface area contributed by atoms with Crippen molar-refractivity contribution in [3.8, 4) is 0 Å². The molecule has 1 aliphatic rings. The summed E-state index contributed by atoms with van der Waals surface area (Å²) in [6, 6.07) is -0.218. The van der Waals surface area contributed by atoms with Gasteiger partial charge in [0.25, 0.3) is 0 Å². The average molecular weight is 167 g/mol. The van der Waals surface area contributed by atoms with Crippen molar-refractivity contribution in [3.05, 3.63) is 12.7 Å². The minimum absolute atomic E-state index is 0.133. The number of hydrogen-bond acceptors (Lipinski definition) is 2. The van der Waals surface area contributed by atoms with Gasteiger partial charge in [-0.2, -0.15) is 0 Å². The molecule has 66 valence electrons. The largest absolute Gasteiger partial charge is 0.329 e. The molecule has 1 fully saturated rings. The molecule has 1 rings (SSSR count). The summed E-state index contributed by atoms with van der Waals surface area (Å²) in [6.45, 7) is 4.09. The molecule has 0 saturated carbocycles. The highest BCUT2D eigenvalue weighted by molar-refractivity contribution is 5.89. The van der Waals surface area contributed by atoms with Crippen LogP contribution in [0.4, 0.5) is 0 Å². The molecule has 0 bridgehead atoms. The van der Waals surface area contributed by atoms with Crippen LogP contribution in [0.15, 0.2) is 12.7 Å². The second-order valence-corrected chi connectivity index (χ2v) is 2.93. The summed E-state index contributed by atoms with van der Waals surface area (Å²) in [5, 5.41) is 0. The molecular formula is C9H13NO2. The van der Waals surface area contributed by atoms with Crippen LogP contribution >= 0.6 is 0 Å². The van der Waals surface area contributed by atoms with Gasteiger partial charge in [0.1, 0.15) is 6.29 Å². The number of hydrogen-bond donors (Lipinski definition) is 0. The summed E-state index contributed by atoms with van der Waals surface area (Å²) in [5.41, 5.74) is 0. The van der Waals surface area contributed by atoms with E-state index >= 15 is 0 Å². The van der Waals surface area contributed by atoms with Crippen molar-refractivity contribution < 1.29 is 9.59 Å². The van der Waals surface area contributed by atoms with E-state index in [-0.39, 0.29) is 11.9 Å². The summed E-state index contributed by atoms with van der Waals surface area (Å²) in [7, 11) is 0. The maximum atomic E-state index is 11.2. The normalized spacial score (nSPS) is 23.3. The lowest BCUT2D eigenvalue weighted by Crippen LogP contribution is -2.43. The molecule has 3 heteroatoms. The molecule has 0 N–H and O–H groups in total. The van der Waals surface area contributed by atoms with E-state index in [9.17, 15) is 9.59 Å². The van der Waals surface area contributed by atoms with Crippen LogP contribution in [0.1, 0.15) is 19.3 Å². The van der Waals surface area contributed by atoms with Crippen LogP contribution in [0.25, 0.3) is 0 Å². The third-order valence-electron chi connectivity index (χ3n) is 2.16. The minimum Gasteiger partial charge on any atom is -0.329 e. The molecule has 1 heterocycles. The maximum absolute atomic E-state index is 11.2. The molecule has 1 amide bonds. The standard InChI is InChI=1S/C9H13NO2/c1-2-9(12)10-6-4-3-5-8(10)7-11/h2,7-8H,1,3-6H2. The molecule has 0 aliphatic carbocycles. The molecule has 0 aromatic heterocycles. The zero-order valence-electron chi connectivity index (χ0n) is 7.03. The van der Waals surface area contributed by atoms with Gasteiger partial charge in [0.2, 0.25) is 5.91 Å². The van der Waals surface area contributed by atoms with Gasteiger partial charge in [-0.05, 0) is 25.3 Å². The molecule has 1 atom stereocenters. The predicted octanol–water partition coefficient (Wildman–Crippen LogP) is 0.752. The molecule has 1 saturated heterocycles. The first-order valence-corrected chi connectivity index (χ1v) is 4.18. The van der Waals surface area contributed by atoms with Crippen LogP contribution in [0.2, 0.25) is 0 Å². The highest BCUT2D eigenvalue weighted by Crippen LogP contribution is 2.15. The van der Waals surface area contributed by atoms with Crippen LogP contribution in [-0.4, -0.2) is 29.7 Å². The Kier molecular flexibility index (Phi) is 3.02. The van der Waals surface area contributed by atoms with Crippen molar-refractivity contribution >= 4 is 12.2 Å². The highest BCUT2D eigenvalue weighted by Gasteiger charge is 2.23. The van der Waals surface area contributed by atoms with E-state index < -0.39 is 0 Å². The van der Waals surface area contributed by atoms with Gasteiger partial charge in [0, 0.05) is 6.54 Å². The lowest BCUT2D eigenvalue weighted by atomic mass is 10.0. The van der Waals surface area contributed by atoms with Crippen molar-refractivity contribution in [1.29, 1.82) is 0 Å².